The van der Waals surface area contributed by atoms with Gasteiger partial charge in [-0.1, -0.05) is 0 Å². The van der Waals surface area contributed by atoms with Crippen molar-refractivity contribution in [1.29, 1.82) is 0 Å². The van der Waals surface area contributed by atoms with Gasteiger partial charge in [-0.2, -0.15) is 0 Å². The first kappa shape index (κ1) is 15.7. The Bertz CT molecular complexity index is 506. The zero-order valence-corrected chi connectivity index (χ0v) is 12.6. The number of piperidine rings is 1. The van der Waals surface area contributed by atoms with Gasteiger partial charge in [-0.3, -0.25) is 9.69 Å². The second-order valence-corrected chi connectivity index (χ2v) is 5.78. The number of hydrogen-bond donors (Lipinski definition) is 2. The maximum atomic E-state index is 13.1. The molecule has 1 heterocycles. The van der Waals surface area contributed by atoms with Crippen LogP contribution in [0.25, 0.3) is 0 Å². The molecule has 116 valence electrons. The Balaban J connectivity index is 1.87. The summed E-state index contributed by atoms with van der Waals surface area (Å²) in [6, 6.07) is 4.70. The number of anilines is 2. The summed E-state index contributed by atoms with van der Waals surface area (Å²) in [5.41, 5.74) is 6.06. The summed E-state index contributed by atoms with van der Waals surface area (Å²) in [5.74, 6) is -0.571. The van der Waals surface area contributed by atoms with Crippen molar-refractivity contribution in [2.45, 2.75) is 18.9 Å². The molecule has 21 heavy (non-hydrogen) atoms. The minimum Gasteiger partial charge on any atom is -0.396 e. The molecule has 0 aromatic heterocycles. The summed E-state index contributed by atoms with van der Waals surface area (Å²) in [4.78, 5) is 16.4. The summed E-state index contributed by atoms with van der Waals surface area (Å²) >= 11 is 0. The first-order chi connectivity index (χ1) is 9.95. The smallest absolute Gasteiger partial charge is 0.238 e. The summed E-state index contributed by atoms with van der Waals surface area (Å²) in [6.07, 6.45) is 2.26. The van der Waals surface area contributed by atoms with Gasteiger partial charge in [0, 0.05) is 18.3 Å². The number of rotatable bonds is 4. The predicted molar refractivity (Wildman–Crippen MR) is 82.6 cm³/mol. The van der Waals surface area contributed by atoms with E-state index in [1.54, 1.807) is 0 Å². The molecular weight excluding hydrogens is 271 g/mol. The molecule has 1 unspecified atom stereocenters. The van der Waals surface area contributed by atoms with Gasteiger partial charge in [0.1, 0.15) is 5.82 Å². The number of amides is 1. The number of carbonyl (C=O) groups excluding carboxylic acids is 1. The van der Waals surface area contributed by atoms with Crippen LogP contribution in [0, 0.1) is 5.82 Å². The molecule has 0 saturated carbocycles. The van der Waals surface area contributed by atoms with Gasteiger partial charge in [-0.15, -0.1) is 0 Å². The van der Waals surface area contributed by atoms with Gasteiger partial charge in [0.25, 0.3) is 0 Å². The summed E-state index contributed by atoms with van der Waals surface area (Å²) < 4.78 is 13.1. The van der Waals surface area contributed by atoms with Gasteiger partial charge >= 0.3 is 0 Å². The Hall–Kier alpha value is -1.66. The highest BCUT2D eigenvalue weighted by molar-refractivity contribution is 5.92. The highest BCUT2D eigenvalue weighted by atomic mass is 19.1. The number of carbonyl (C=O) groups is 1. The van der Waals surface area contributed by atoms with Crippen LogP contribution in [0.2, 0.25) is 0 Å². The molecule has 1 saturated heterocycles. The number of hydrogen-bond acceptors (Lipinski definition) is 4. The number of likely N-dealkylation sites (N-methyl/N-ethyl adjacent to an activating group) is 1. The molecule has 0 bridgehead atoms. The van der Waals surface area contributed by atoms with Crippen LogP contribution in [0.4, 0.5) is 15.8 Å². The van der Waals surface area contributed by atoms with Gasteiger partial charge in [-0.05, 0) is 51.7 Å². The second kappa shape index (κ2) is 6.87. The molecule has 0 aliphatic carbocycles. The lowest BCUT2D eigenvalue weighted by atomic mass is 10.1. The Labute approximate surface area is 124 Å². The maximum absolute atomic E-state index is 13.1. The van der Waals surface area contributed by atoms with Crippen LogP contribution < -0.4 is 11.1 Å². The molecule has 2 rings (SSSR count). The van der Waals surface area contributed by atoms with E-state index in [4.69, 9.17) is 5.73 Å². The van der Waals surface area contributed by atoms with E-state index in [9.17, 15) is 9.18 Å². The van der Waals surface area contributed by atoms with E-state index in [-0.39, 0.29) is 11.6 Å². The Morgan fingerprint density at radius 1 is 1.52 bits per heavy atom. The van der Waals surface area contributed by atoms with Gasteiger partial charge in [-0.25, -0.2) is 4.39 Å². The molecule has 1 aliphatic rings. The largest absolute Gasteiger partial charge is 0.396 e. The van der Waals surface area contributed by atoms with E-state index in [0.29, 0.717) is 18.3 Å². The SMILES string of the molecule is CN(C)C1CCCN(CC(=O)Nc2ccc(F)c(N)c2)C1. The predicted octanol–water partition coefficient (Wildman–Crippen LogP) is 1.37. The van der Waals surface area contributed by atoms with Crippen molar-refractivity contribution >= 4 is 17.3 Å². The second-order valence-electron chi connectivity index (χ2n) is 5.78. The molecule has 3 N–H and O–H groups in total. The Kier molecular flexibility index (Phi) is 5.14. The Morgan fingerprint density at radius 3 is 2.95 bits per heavy atom. The molecule has 0 spiro atoms. The first-order valence-corrected chi connectivity index (χ1v) is 7.19. The lowest BCUT2D eigenvalue weighted by molar-refractivity contribution is -0.117. The van der Waals surface area contributed by atoms with Gasteiger partial charge in [0.05, 0.1) is 12.2 Å². The topological polar surface area (TPSA) is 61.6 Å². The molecule has 1 atom stereocenters. The van der Waals surface area contributed by atoms with E-state index in [1.165, 1.54) is 24.6 Å². The summed E-state index contributed by atoms with van der Waals surface area (Å²) in [6.45, 7) is 2.18. The normalized spacial score (nSPS) is 19.7. The molecule has 1 aliphatic heterocycles. The van der Waals surface area contributed by atoms with E-state index in [1.807, 2.05) is 0 Å². The van der Waals surface area contributed by atoms with Crippen molar-refractivity contribution in [3.8, 4) is 0 Å². The minimum atomic E-state index is -0.474. The molecule has 1 amide bonds. The summed E-state index contributed by atoms with van der Waals surface area (Å²) in [7, 11) is 4.13. The number of halogens is 1. The summed E-state index contributed by atoms with van der Waals surface area (Å²) in [5, 5.41) is 2.76. The van der Waals surface area contributed by atoms with Crippen molar-refractivity contribution < 1.29 is 9.18 Å². The zero-order valence-electron chi connectivity index (χ0n) is 12.6. The van der Waals surface area contributed by atoms with Gasteiger partial charge in [0.15, 0.2) is 0 Å². The highest BCUT2D eigenvalue weighted by Gasteiger charge is 2.22. The van der Waals surface area contributed by atoms with Crippen LogP contribution in [0.15, 0.2) is 18.2 Å². The number of nitrogens with zero attached hydrogens (tertiary/aromatic N) is 2. The Morgan fingerprint density at radius 2 is 2.29 bits per heavy atom. The number of nitrogens with two attached hydrogens (primary N) is 1. The van der Waals surface area contributed by atoms with Crippen molar-refractivity contribution in [3.63, 3.8) is 0 Å². The van der Waals surface area contributed by atoms with Crippen molar-refractivity contribution in [2.75, 3.05) is 44.8 Å². The number of nitrogen functional groups attached to an aromatic ring is 1. The number of benzene rings is 1. The fourth-order valence-corrected chi connectivity index (χ4v) is 2.62. The average Bonchev–Trinajstić information content (AvgIpc) is 2.43. The van der Waals surface area contributed by atoms with Crippen LogP contribution in [0.5, 0.6) is 0 Å². The monoisotopic (exact) mass is 294 g/mol. The molecular formula is C15H23FN4O. The van der Waals surface area contributed by atoms with Gasteiger partial charge < -0.3 is 16.0 Å². The minimum absolute atomic E-state index is 0.0402. The fraction of sp³-hybridized carbons (Fsp3) is 0.533. The first-order valence-electron chi connectivity index (χ1n) is 7.19. The lowest BCUT2D eigenvalue weighted by Gasteiger charge is -2.35. The lowest BCUT2D eigenvalue weighted by Crippen LogP contribution is -2.47. The molecule has 1 aromatic rings. The molecule has 6 heteroatoms. The highest BCUT2D eigenvalue weighted by Crippen LogP contribution is 2.17. The zero-order chi connectivity index (χ0) is 15.4. The number of nitrogens with one attached hydrogen (secondary N) is 1. The molecule has 5 nitrogen and oxygen atoms in total. The molecule has 1 aromatic carbocycles. The van der Waals surface area contributed by atoms with E-state index in [0.717, 1.165) is 19.5 Å². The third kappa shape index (κ3) is 4.41. The maximum Gasteiger partial charge on any atom is 0.238 e. The average molecular weight is 294 g/mol. The molecule has 1 fully saturated rings. The van der Waals surface area contributed by atoms with Crippen LogP contribution in [-0.4, -0.2) is 55.5 Å². The van der Waals surface area contributed by atoms with Crippen molar-refractivity contribution in [2.24, 2.45) is 0 Å². The quantitative estimate of drug-likeness (QED) is 0.824. The third-order valence-corrected chi connectivity index (χ3v) is 3.86. The van der Waals surface area contributed by atoms with Gasteiger partial charge in [0.2, 0.25) is 5.91 Å². The standard InChI is InChI=1S/C15H23FN4O/c1-19(2)12-4-3-7-20(9-12)10-15(21)18-11-5-6-13(16)14(17)8-11/h5-6,8,12H,3-4,7,9-10,17H2,1-2H3,(H,18,21). The van der Waals surface area contributed by atoms with Crippen LogP contribution >= 0.6 is 0 Å². The van der Waals surface area contributed by atoms with E-state index >= 15 is 0 Å². The number of likely N-dealkylation sites (tertiary alicyclic amines) is 1. The van der Waals surface area contributed by atoms with Crippen molar-refractivity contribution in [1.82, 2.24) is 9.80 Å². The third-order valence-electron chi connectivity index (χ3n) is 3.86. The van der Waals surface area contributed by atoms with Crippen LogP contribution in [0.3, 0.4) is 0 Å². The molecule has 0 radical (unpaired) electrons. The fourth-order valence-electron chi connectivity index (χ4n) is 2.62. The van der Waals surface area contributed by atoms with E-state index in [2.05, 4.69) is 29.2 Å². The van der Waals surface area contributed by atoms with Crippen LogP contribution in [-0.2, 0) is 4.79 Å². The van der Waals surface area contributed by atoms with Crippen molar-refractivity contribution in [3.05, 3.63) is 24.0 Å². The van der Waals surface area contributed by atoms with E-state index < -0.39 is 5.82 Å². The van der Waals surface area contributed by atoms with Crippen LogP contribution in [0.1, 0.15) is 12.8 Å².